The maximum absolute atomic E-state index is 12.7. The van der Waals surface area contributed by atoms with Gasteiger partial charge in [0.25, 0.3) is 5.91 Å². The lowest BCUT2D eigenvalue weighted by molar-refractivity contribution is -0.148. The second-order valence-corrected chi connectivity index (χ2v) is 7.49. The highest BCUT2D eigenvalue weighted by atomic mass is 79.9. The van der Waals surface area contributed by atoms with E-state index in [2.05, 4.69) is 20.9 Å². The molecule has 0 radical (unpaired) electrons. The summed E-state index contributed by atoms with van der Waals surface area (Å²) in [5, 5.41) is 0.520. The predicted molar refractivity (Wildman–Crippen MR) is 106 cm³/mol. The van der Waals surface area contributed by atoms with Crippen LogP contribution in [0.25, 0.3) is 0 Å². The Morgan fingerprint density at radius 1 is 1.19 bits per heavy atom. The monoisotopic (exact) mass is 451 g/mol. The van der Waals surface area contributed by atoms with E-state index in [0.29, 0.717) is 42.3 Å². The van der Waals surface area contributed by atoms with Gasteiger partial charge in [0.15, 0.2) is 0 Å². The van der Waals surface area contributed by atoms with E-state index in [0.717, 1.165) is 4.47 Å². The van der Waals surface area contributed by atoms with Crippen molar-refractivity contribution >= 4 is 39.4 Å². The van der Waals surface area contributed by atoms with E-state index in [1.807, 2.05) is 23.1 Å². The van der Waals surface area contributed by atoms with Gasteiger partial charge in [-0.15, -0.1) is 0 Å². The molecule has 0 saturated carbocycles. The van der Waals surface area contributed by atoms with Crippen molar-refractivity contribution in [3.63, 3.8) is 0 Å². The van der Waals surface area contributed by atoms with E-state index in [-0.39, 0.29) is 11.9 Å². The van der Waals surface area contributed by atoms with Gasteiger partial charge in [0.2, 0.25) is 0 Å². The highest BCUT2D eigenvalue weighted by Gasteiger charge is 2.33. The van der Waals surface area contributed by atoms with Crippen molar-refractivity contribution in [3.8, 4) is 0 Å². The van der Waals surface area contributed by atoms with Crippen LogP contribution in [0.4, 0.5) is 0 Å². The van der Waals surface area contributed by atoms with Crippen LogP contribution < -0.4 is 0 Å². The highest BCUT2D eigenvalue weighted by molar-refractivity contribution is 9.10. The van der Waals surface area contributed by atoms with Gasteiger partial charge in [-0.2, -0.15) is 0 Å². The fourth-order valence-corrected chi connectivity index (χ4v) is 3.78. The van der Waals surface area contributed by atoms with Crippen molar-refractivity contribution in [1.82, 2.24) is 14.8 Å². The molecular weight excluding hydrogens is 434 g/mol. The lowest BCUT2D eigenvalue weighted by atomic mass is 10.0. The number of methoxy groups -OCH3 is 1. The summed E-state index contributed by atoms with van der Waals surface area (Å²) in [4.78, 5) is 32.9. The zero-order chi connectivity index (χ0) is 19.4. The van der Waals surface area contributed by atoms with Gasteiger partial charge in [0.1, 0.15) is 6.04 Å². The Morgan fingerprint density at radius 2 is 1.89 bits per heavy atom. The Labute approximate surface area is 171 Å². The molecule has 0 N–H and O–H groups in total. The van der Waals surface area contributed by atoms with E-state index in [4.69, 9.17) is 16.3 Å². The molecule has 6 nitrogen and oxygen atoms in total. The molecule has 2 aromatic rings. The number of aromatic nitrogens is 1. The van der Waals surface area contributed by atoms with Crippen molar-refractivity contribution in [1.29, 1.82) is 0 Å². The van der Waals surface area contributed by atoms with E-state index in [1.165, 1.54) is 7.11 Å². The zero-order valence-electron chi connectivity index (χ0n) is 14.8. The molecule has 142 valence electrons. The van der Waals surface area contributed by atoms with Crippen LogP contribution >= 0.6 is 27.5 Å². The number of benzene rings is 1. The number of carbonyl (C=O) groups excluding carboxylic acids is 2. The molecule has 1 fully saturated rings. The summed E-state index contributed by atoms with van der Waals surface area (Å²) in [6.45, 7) is 2.09. The number of rotatable bonds is 4. The fraction of sp³-hybridized carbons (Fsp3) is 0.316. The third-order valence-electron chi connectivity index (χ3n) is 4.54. The average molecular weight is 453 g/mol. The van der Waals surface area contributed by atoms with Crippen LogP contribution in [0.3, 0.4) is 0 Å². The van der Waals surface area contributed by atoms with Crippen molar-refractivity contribution in [3.05, 3.63) is 63.3 Å². The lowest BCUT2D eigenvalue weighted by Gasteiger charge is -2.38. The minimum absolute atomic E-state index is 0.0733. The minimum Gasteiger partial charge on any atom is -0.468 e. The SMILES string of the molecule is COC(=O)[C@@H](c1ccccc1Cl)N1CCN(C(=O)c2cncc(Br)c2)CC1. The van der Waals surface area contributed by atoms with E-state index >= 15 is 0 Å². The summed E-state index contributed by atoms with van der Waals surface area (Å²) in [5.74, 6) is -0.435. The molecule has 3 rings (SSSR count). The maximum Gasteiger partial charge on any atom is 0.327 e. The molecule has 1 aromatic carbocycles. The third kappa shape index (κ3) is 4.48. The minimum atomic E-state index is -0.589. The van der Waals surface area contributed by atoms with Gasteiger partial charge in [-0.1, -0.05) is 29.8 Å². The summed E-state index contributed by atoms with van der Waals surface area (Å²) < 4.78 is 5.76. The molecule has 2 heterocycles. The van der Waals surface area contributed by atoms with Crippen molar-refractivity contribution < 1.29 is 14.3 Å². The Bertz CT molecular complexity index is 840. The lowest BCUT2D eigenvalue weighted by Crippen LogP contribution is -2.51. The summed E-state index contributed by atoms with van der Waals surface area (Å²) in [5.41, 5.74) is 1.25. The van der Waals surface area contributed by atoms with Crippen LogP contribution in [0, 0.1) is 0 Å². The van der Waals surface area contributed by atoms with Gasteiger partial charge in [-0.05, 0) is 33.6 Å². The van der Waals surface area contributed by atoms with Crippen molar-refractivity contribution in [2.75, 3.05) is 33.3 Å². The number of carbonyl (C=O) groups is 2. The van der Waals surface area contributed by atoms with Crippen LogP contribution in [0.2, 0.25) is 5.02 Å². The smallest absolute Gasteiger partial charge is 0.327 e. The standard InChI is InChI=1S/C19H19BrClN3O3/c1-27-19(26)17(15-4-2-3-5-16(15)21)23-6-8-24(9-7-23)18(25)13-10-14(20)12-22-11-13/h2-5,10-12,17H,6-9H2,1H3/t17-/m1/s1. The third-order valence-corrected chi connectivity index (χ3v) is 5.32. The molecule has 0 unspecified atom stereocenters. The van der Waals surface area contributed by atoms with Crippen LogP contribution in [0.5, 0.6) is 0 Å². The molecule has 1 atom stereocenters. The van der Waals surface area contributed by atoms with E-state index < -0.39 is 6.04 Å². The van der Waals surface area contributed by atoms with Crippen LogP contribution in [-0.2, 0) is 9.53 Å². The topological polar surface area (TPSA) is 62.7 Å². The molecule has 1 amide bonds. The number of pyridine rings is 1. The summed E-state index contributed by atoms with van der Waals surface area (Å²) >= 11 is 9.64. The molecule has 1 aliphatic heterocycles. The van der Waals surface area contributed by atoms with Crippen LogP contribution in [-0.4, -0.2) is 59.9 Å². The van der Waals surface area contributed by atoms with Crippen molar-refractivity contribution in [2.24, 2.45) is 0 Å². The van der Waals surface area contributed by atoms with Gasteiger partial charge in [0, 0.05) is 48.1 Å². The Kier molecular flexibility index (Phi) is 6.46. The van der Waals surface area contributed by atoms with Gasteiger partial charge in [-0.3, -0.25) is 14.7 Å². The highest BCUT2D eigenvalue weighted by Crippen LogP contribution is 2.29. The second-order valence-electron chi connectivity index (χ2n) is 6.17. The quantitative estimate of drug-likeness (QED) is 0.667. The largest absolute Gasteiger partial charge is 0.468 e. The number of halogens is 2. The molecule has 0 spiro atoms. The average Bonchev–Trinajstić information content (AvgIpc) is 2.69. The molecule has 1 saturated heterocycles. The Balaban J connectivity index is 1.73. The molecular formula is C19H19BrClN3O3. The number of amides is 1. The number of piperazine rings is 1. The first-order chi connectivity index (χ1) is 13.0. The molecule has 0 aliphatic carbocycles. The van der Waals surface area contributed by atoms with Crippen molar-refractivity contribution in [2.45, 2.75) is 6.04 Å². The second kappa shape index (κ2) is 8.82. The van der Waals surface area contributed by atoms with Gasteiger partial charge in [-0.25, -0.2) is 4.79 Å². The van der Waals surface area contributed by atoms with E-state index in [1.54, 1.807) is 29.4 Å². The normalized spacial score (nSPS) is 16.0. The number of esters is 1. The van der Waals surface area contributed by atoms with Gasteiger partial charge in [0.05, 0.1) is 12.7 Å². The van der Waals surface area contributed by atoms with Crippen LogP contribution in [0.15, 0.2) is 47.2 Å². The predicted octanol–water partition coefficient (Wildman–Crippen LogP) is 3.17. The maximum atomic E-state index is 12.7. The number of hydrogen-bond acceptors (Lipinski definition) is 5. The Morgan fingerprint density at radius 3 is 2.52 bits per heavy atom. The first kappa shape index (κ1) is 19.8. The molecule has 8 heteroatoms. The van der Waals surface area contributed by atoms with Gasteiger partial charge < -0.3 is 9.64 Å². The molecule has 1 aliphatic rings. The van der Waals surface area contributed by atoms with Crippen LogP contribution in [0.1, 0.15) is 22.0 Å². The number of ether oxygens (including phenoxy) is 1. The van der Waals surface area contributed by atoms with Gasteiger partial charge >= 0.3 is 5.97 Å². The Hall–Kier alpha value is -1.96. The number of nitrogens with zero attached hydrogens (tertiary/aromatic N) is 3. The summed E-state index contributed by atoms with van der Waals surface area (Å²) in [6, 6.07) is 8.41. The molecule has 0 bridgehead atoms. The summed E-state index contributed by atoms with van der Waals surface area (Å²) in [6.07, 6.45) is 3.19. The first-order valence-electron chi connectivity index (χ1n) is 8.47. The summed E-state index contributed by atoms with van der Waals surface area (Å²) in [7, 11) is 1.37. The first-order valence-corrected chi connectivity index (χ1v) is 9.64. The fourth-order valence-electron chi connectivity index (χ4n) is 3.18. The molecule has 27 heavy (non-hydrogen) atoms. The van der Waals surface area contributed by atoms with E-state index in [9.17, 15) is 9.59 Å². The molecule has 1 aromatic heterocycles. The zero-order valence-corrected chi connectivity index (χ0v) is 17.1. The number of hydrogen-bond donors (Lipinski definition) is 0.